The van der Waals surface area contributed by atoms with Crippen LogP contribution in [0.25, 0.3) is 0 Å². The van der Waals surface area contributed by atoms with Crippen LogP contribution in [0, 0.1) is 0 Å². The molecule has 2 saturated heterocycles. The second-order valence-electron chi connectivity index (χ2n) is 6.16. The van der Waals surface area contributed by atoms with Gasteiger partial charge in [-0.25, -0.2) is 8.42 Å². The van der Waals surface area contributed by atoms with Gasteiger partial charge in [-0.1, -0.05) is 30.3 Å². The SMILES string of the molecule is O=C(CN1CCS(=O)(=O)CC1)N1CC[C@H](c2ccccc2)C1. The van der Waals surface area contributed by atoms with Crippen molar-refractivity contribution in [3.8, 4) is 0 Å². The molecule has 22 heavy (non-hydrogen) atoms. The highest BCUT2D eigenvalue weighted by Gasteiger charge is 2.29. The predicted octanol–water partition coefficient (Wildman–Crippen LogP) is 0.733. The highest BCUT2D eigenvalue weighted by molar-refractivity contribution is 7.91. The summed E-state index contributed by atoms with van der Waals surface area (Å²) in [5.41, 5.74) is 1.29. The number of hydrogen-bond acceptors (Lipinski definition) is 4. The van der Waals surface area contributed by atoms with Crippen LogP contribution in [0.1, 0.15) is 17.9 Å². The second-order valence-corrected chi connectivity index (χ2v) is 8.47. The van der Waals surface area contributed by atoms with E-state index in [1.54, 1.807) is 0 Å². The van der Waals surface area contributed by atoms with Gasteiger partial charge in [0, 0.05) is 32.1 Å². The van der Waals surface area contributed by atoms with Crippen LogP contribution in [0.15, 0.2) is 30.3 Å². The first kappa shape index (κ1) is 15.5. The first-order chi connectivity index (χ1) is 10.5. The summed E-state index contributed by atoms with van der Waals surface area (Å²) < 4.78 is 22.8. The van der Waals surface area contributed by atoms with Crippen molar-refractivity contribution in [2.75, 3.05) is 44.2 Å². The summed E-state index contributed by atoms with van der Waals surface area (Å²) in [5.74, 6) is 0.893. The van der Waals surface area contributed by atoms with Crippen LogP contribution in [0.2, 0.25) is 0 Å². The molecule has 120 valence electrons. The van der Waals surface area contributed by atoms with E-state index in [0.29, 0.717) is 25.6 Å². The first-order valence-electron chi connectivity index (χ1n) is 7.79. The standard InChI is InChI=1S/C16H22N2O3S/c19-16(13-17-8-10-22(20,21)11-9-17)18-7-6-15(12-18)14-4-2-1-3-5-14/h1-5,15H,6-13H2/t15-/m0/s1. The van der Waals surface area contributed by atoms with Crippen molar-refractivity contribution in [2.45, 2.75) is 12.3 Å². The van der Waals surface area contributed by atoms with E-state index in [2.05, 4.69) is 12.1 Å². The molecule has 2 aliphatic heterocycles. The smallest absolute Gasteiger partial charge is 0.236 e. The average molecular weight is 322 g/mol. The van der Waals surface area contributed by atoms with Gasteiger partial charge in [0.25, 0.3) is 0 Å². The number of rotatable bonds is 3. The molecule has 0 unspecified atom stereocenters. The maximum atomic E-state index is 12.4. The van der Waals surface area contributed by atoms with E-state index < -0.39 is 9.84 Å². The van der Waals surface area contributed by atoms with Gasteiger partial charge in [-0.05, 0) is 12.0 Å². The Morgan fingerprint density at radius 3 is 2.45 bits per heavy atom. The molecule has 3 rings (SSSR count). The van der Waals surface area contributed by atoms with Gasteiger partial charge in [0.15, 0.2) is 9.84 Å². The third-order valence-electron chi connectivity index (χ3n) is 4.61. The second kappa shape index (κ2) is 6.38. The van der Waals surface area contributed by atoms with Crippen LogP contribution in [0.3, 0.4) is 0 Å². The number of amides is 1. The maximum absolute atomic E-state index is 12.4. The molecular formula is C16H22N2O3S. The van der Waals surface area contributed by atoms with Crippen molar-refractivity contribution in [3.63, 3.8) is 0 Å². The van der Waals surface area contributed by atoms with E-state index in [-0.39, 0.29) is 17.4 Å². The van der Waals surface area contributed by atoms with E-state index in [0.717, 1.165) is 19.5 Å². The number of likely N-dealkylation sites (tertiary alicyclic amines) is 1. The zero-order chi connectivity index (χ0) is 15.6. The van der Waals surface area contributed by atoms with E-state index in [1.807, 2.05) is 28.0 Å². The van der Waals surface area contributed by atoms with Gasteiger partial charge in [0.1, 0.15) is 0 Å². The lowest BCUT2D eigenvalue weighted by atomic mass is 9.99. The predicted molar refractivity (Wildman–Crippen MR) is 85.5 cm³/mol. The monoisotopic (exact) mass is 322 g/mol. The number of carbonyl (C=O) groups is 1. The molecule has 2 fully saturated rings. The molecule has 6 heteroatoms. The van der Waals surface area contributed by atoms with Gasteiger partial charge >= 0.3 is 0 Å². The van der Waals surface area contributed by atoms with Crippen LogP contribution in [-0.4, -0.2) is 68.4 Å². The van der Waals surface area contributed by atoms with Crippen molar-refractivity contribution in [1.29, 1.82) is 0 Å². The van der Waals surface area contributed by atoms with Crippen molar-refractivity contribution < 1.29 is 13.2 Å². The topological polar surface area (TPSA) is 57.7 Å². The summed E-state index contributed by atoms with van der Waals surface area (Å²) >= 11 is 0. The molecule has 0 aliphatic carbocycles. The van der Waals surface area contributed by atoms with Crippen molar-refractivity contribution in [1.82, 2.24) is 9.80 Å². The lowest BCUT2D eigenvalue weighted by Gasteiger charge is -2.28. The number of benzene rings is 1. The summed E-state index contributed by atoms with van der Waals surface area (Å²) in [7, 11) is -2.88. The fourth-order valence-electron chi connectivity index (χ4n) is 3.18. The molecule has 1 amide bonds. The molecule has 0 spiro atoms. The van der Waals surface area contributed by atoms with Gasteiger partial charge in [0.05, 0.1) is 18.1 Å². The number of nitrogens with zero attached hydrogens (tertiary/aromatic N) is 2. The third kappa shape index (κ3) is 3.67. The minimum absolute atomic E-state index is 0.123. The number of sulfone groups is 1. The summed E-state index contributed by atoms with van der Waals surface area (Å²) in [5, 5.41) is 0. The first-order valence-corrected chi connectivity index (χ1v) is 9.61. The molecular weight excluding hydrogens is 300 g/mol. The summed E-state index contributed by atoms with van der Waals surface area (Å²) in [6.45, 7) is 2.87. The molecule has 0 bridgehead atoms. The largest absolute Gasteiger partial charge is 0.341 e. The van der Waals surface area contributed by atoms with Crippen LogP contribution in [-0.2, 0) is 14.6 Å². The fraction of sp³-hybridized carbons (Fsp3) is 0.562. The van der Waals surface area contributed by atoms with E-state index in [4.69, 9.17) is 0 Å². The molecule has 2 aliphatic rings. The van der Waals surface area contributed by atoms with Gasteiger partial charge in [-0.3, -0.25) is 9.69 Å². The lowest BCUT2D eigenvalue weighted by molar-refractivity contribution is -0.131. The molecule has 1 aromatic rings. The molecule has 2 heterocycles. The van der Waals surface area contributed by atoms with Crippen LogP contribution >= 0.6 is 0 Å². The van der Waals surface area contributed by atoms with Crippen LogP contribution in [0.5, 0.6) is 0 Å². The lowest BCUT2D eigenvalue weighted by Crippen LogP contribution is -2.46. The highest BCUT2D eigenvalue weighted by Crippen LogP contribution is 2.27. The van der Waals surface area contributed by atoms with E-state index in [9.17, 15) is 13.2 Å². The Hall–Kier alpha value is -1.40. The van der Waals surface area contributed by atoms with Crippen molar-refractivity contribution >= 4 is 15.7 Å². The number of hydrogen-bond donors (Lipinski definition) is 0. The van der Waals surface area contributed by atoms with E-state index in [1.165, 1.54) is 5.56 Å². The minimum Gasteiger partial charge on any atom is -0.341 e. The Balaban J connectivity index is 1.52. The van der Waals surface area contributed by atoms with Gasteiger partial charge < -0.3 is 4.90 Å². The Morgan fingerprint density at radius 2 is 1.77 bits per heavy atom. The molecule has 0 saturated carbocycles. The zero-order valence-corrected chi connectivity index (χ0v) is 13.5. The molecule has 0 radical (unpaired) electrons. The number of carbonyl (C=O) groups excluding carboxylic acids is 1. The Morgan fingerprint density at radius 1 is 1.09 bits per heavy atom. The van der Waals surface area contributed by atoms with Crippen molar-refractivity contribution in [3.05, 3.63) is 35.9 Å². The molecule has 0 aromatic heterocycles. The van der Waals surface area contributed by atoms with Gasteiger partial charge in [0.2, 0.25) is 5.91 Å². The summed E-state index contributed by atoms with van der Waals surface area (Å²) in [6.07, 6.45) is 1.00. The quantitative estimate of drug-likeness (QED) is 0.823. The summed E-state index contributed by atoms with van der Waals surface area (Å²) in [4.78, 5) is 16.3. The van der Waals surface area contributed by atoms with Crippen LogP contribution < -0.4 is 0 Å². The van der Waals surface area contributed by atoms with Crippen LogP contribution in [0.4, 0.5) is 0 Å². The molecule has 1 atom stereocenters. The fourth-order valence-corrected chi connectivity index (χ4v) is 4.46. The zero-order valence-electron chi connectivity index (χ0n) is 12.6. The third-order valence-corrected chi connectivity index (χ3v) is 6.22. The van der Waals surface area contributed by atoms with Gasteiger partial charge in [-0.2, -0.15) is 0 Å². The van der Waals surface area contributed by atoms with Gasteiger partial charge in [-0.15, -0.1) is 0 Å². The average Bonchev–Trinajstić information content (AvgIpc) is 3.00. The Labute approximate surface area is 131 Å². The Kier molecular flexibility index (Phi) is 4.49. The highest BCUT2D eigenvalue weighted by atomic mass is 32.2. The maximum Gasteiger partial charge on any atom is 0.236 e. The summed E-state index contributed by atoms with van der Waals surface area (Å²) in [6, 6.07) is 10.3. The van der Waals surface area contributed by atoms with Crippen molar-refractivity contribution in [2.24, 2.45) is 0 Å². The molecule has 5 nitrogen and oxygen atoms in total. The molecule has 0 N–H and O–H groups in total. The Bertz CT molecular complexity index is 616. The normalized spacial score (nSPS) is 25.3. The van der Waals surface area contributed by atoms with E-state index >= 15 is 0 Å². The minimum atomic E-state index is -2.88. The molecule has 1 aromatic carbocycles.